The first kappa shape index (κ1) is 20.6. The van der Waals surface area contributed by atoms with Gasteiger partial charge < -0.3 is 10.3 Å². The summed E-state index contributed by atoms with van der Waals surface area (Å²) >= 11 is 0. The fourth-order valence-electron chi connectivity index (χ4n) is 4.20. The normalized spacial score (nSPS) is 14.1. The zero-order valence-electron chi connectivity index (χ0n) is 17.6. The van der Waals surface area contributed by atoms with E-state index in [9.17, 15) is 13.2 Å². The van der Waals surface area contributed by atoms with Crippen molar-refractivity contribution in [1.29, 1.82) is 0 Å². The summed E-state index contributed by atoms with van der Waals surface area (Å²) in [7, 11) is -2.34. The summed E-state index contributed by atoms with van der Waals surface area (Å²) in [5, 5.41) is 3.82. The number of H-pyrrole nitrogens is 1. The van der Waals surface area contributed by atoms with Crippen LogP contribution in [0.5, 0.6) is 0 Å². The third kappa shape index (κ3) is 3.75. The molecule has 6 nitrogen and oxygen atoms in total. The summed E-state index contributed by atoms with van der Waals surface area (Å²) < 4.78 is 27.4. The maximum Gasteiger partial charge on any atom is 0.243 e. The lowest BCUT2D eigenvalue weighted by molar-refractivity contribution is -0.116. The second-order valence-electron chi connectivity index (χ2n) is 8.07. The summed E-state index contributed by atoms with van der Waals surface area (Å²) in [6.45, 7) is 3.57. The number of amides is 1. The van der Waals surface area contributed by atoms with Gasteiger partial charge in [-0.15, -0.1) is 0 Å². The van der Waals surface area contributed by atoms with Gasteiger partial charge in [-0.05, 0) is 74.4 Å². The van der Waals surface area contributed by atoms with Crippen LogP contribution in [0.2, 0.25) is 0 Å². The van der Waals surface area contributed by atoms with Crippen molar-refractivity contribution in [3.63, 3.8) is 0 Å². The molecule has 1 aromatic heterocycles. The maximum atomic E-state index is 13.1. The largest absolute Gasteiger partial charge is 0.358 e. The molecule has 3 aromatic rings. The summed E-state index contributed by atoms with van der Waals surface area (Å²) in [6.07, 6.45) is 4.25. The van der Waals surface area contributed by atoms with Gasteiger partial charge in [0.15, 0.2) is 0 Å². The molecule has 30 heavy (non-hydrogen) atoms. The SMILES string of the molecule is Cc1cccc(C)c1NC(=O)CN(C)S(=O)(=O)c1ccc2[nH]c3c(c2c1)CCCC3. The van der Waals surface area contributed by atoms with Crippen LogP contribution in [-0.4, -0.2) is 37.2 Å². The number of carbonyl (C=O) groups is 1. The van der Waals surface area contributed by atoms with Crippen molar-refractivity contribution < 1.29 is 13.2 Å². The van der Waals surface area contributed by atoms with E-state index in [1.807, 2.05) is 38.1 Å². The highest BCUT2D eigenvalue weighted by Gasteiger charge is 2.25. The number of aromatic nitrogens is 1. The Morgan fingerprint density at radius 3 is 2.53 bits per heavy atom. The molecule has 0 fully saturated rings. The monoisotopic (exact) mass is 425 g/mol. The van der Waals surface area contributed by atoms with Crippen molar-refractivity contribution in [2.24, 2.45) is 0 Å². The number of benzene rings is 2. The average Bonchev–Trinajstić information content (AvgIpc) is 3.08. The third-order valence-corrected chi connectivity index (χ3v) is 7.69. The van der Waals surface area contributed by atoms with Gasteiger partial charge in [-0.2, -0.15) is 4.31 Å². The Kier molecular flexibility index (Phi) is 5.42. The Hall–Kier alpha value is -2.64. The highest BCUT2D eigenvalue weighted by atomic mass is 32.2. The molecule has 1 aliphatic carbocycles. The fourth-order valence-corrected chi connectivity index (χ4v) is 5.36. The first-order valence-corrected chi connectivity index (χ1v) is 11.7. The Balaban J connectivity index is 1.56. The summed E-state index contributed by atoms with van der Waals surface area (Å²) in [5.41, 5.74) is 6.02. The smallest absolute Gasteiger partial charge is 0.243 e. The molecule has 158 valence electrons. The minimum absolute atomic E-state index is 0.213. The van der Waals surface area contributed by atoms with Gasteiger partial charge in [-0.25, -0.2) is 8.42 Å². The van der Waals surface area contributed by atoms with Crippen LogP contribution in [0.15, 0.2) is 41.3 Å². The highest BCUT2D eigenvalue weighted by molar-refractivity contribution is 7.89. The lowest BCUT2D eigenvalue weighted by Crippen LogP contribution is -2.35. The molecule has 2 N–H and O–H groups in total. The topological polar surface area (TPSA) is 82.3 Å². The Morgan fingerprint density at radius 2 is 1.80 bits per heavy atom. The molecule has 0 aliphatic heterocycles. The van der Waals surface area contributed by atoms with Crippen molar-refractivity contribution in [2.75, 3.05) is 18.9 Å². The van der Waals surface area contributed by atoms with Crippen molar-refractivity contribution in [2.45, 2.75) is 44.4 Å². The highest BCUT2D eigenvalue weighted by Crippen LogP contribution is 2.31. The number of aryl methyl sites for hydroxylation is 4. The van der Waals surface area contributed by atoms with E-state index >= 15 is 0 Å². The van der Waals surface area contributed by atoms with E-state index in [0.29, 0.717) is 0 Å². The summed E-state index contributed by atoms with van der Waals surface area (Å²) in [5.74, 6) is -0.362. The van der Waals surface area contributed by atoms with Gasteiger partial charge in [0.25, 0.3) is 0 Å². The summed E-state index contributed by atoms with van der Waals surface area (Å²) in [6, 6.07) is 10.9. The zero-order valence-corrected chi connectivity index (χ0v) is 18.4. The van der Waals surface area contributed by atoms with Crippen LogP contribution < -0.4 is 5.32 Å². The van der Waals surface area contributed by atoms with Crippen molar-refractivity contribution >= 4 is 32.5 Å². The average molecular weight is 426 g/mol. The molecule has 0 radical (unpaired) electrons. The lowest BCUT2D eigenvalue weighted by atomic mass is 9.96. The van der Waals surface area contributed by atoms with Crippen LogP contribution in [0.3, 0.4) is 0 Å². The van der Waals surface area contributed by atoms with Gasteiger partial charge in [0.2, 0.25) is 15.9 Å². The molecular weight excluding hydrogens is 398 g/mol. The Labute approximate surface area is 177 Å². The Morgan fingerprint density at radius 1 is 1.10 bits per heavy atom. The molecule has 0 saturated heterocycles. The van der Waals surface area contributed by atoms with Gasteiger partial charge >= 0.3 is 0 Å². The molecule has 0 atom stereocenters. The fraction of sp³-hybridized carbons (Fsp3) is 0.348. The van der Waals surface area contributed by atoms with Crippen LogP contribution in [0.25, 0.3) is 10.9 Å². The molecule has 7 heteroatoms. The van der Waals surface area contributed by atoms with E-state index in [-0.39, 0.29) is 17.3 Å². The van der Waals surface area contributed by atoms with Crippen LogP contribution >= 0.6 is 0 Å². The molecule has 0 unspecified atom stereocenters. The molecule has 1 amide bonds. The van der Waals surface area contributed by atoms with E-state index in [2.05, 4.69) is 10.3 Å². The van der Waals surface area contributed by atoms with Gasteiger partial charge in [0.05, 0.1) is 11.4 Å². The number of para-hydroxylation sites is 1. The lowest BCUT2D eigenvalue weighted by Gasteiger charge is -2.18. The van der Waals surface area contributed by atoms with Crippen LogP contribution in [0.4, 0.5) is 5.69 Å². The maximum absolute atomic E-state index is 13.1. The molecular formula is C23H27N3O3S. The van der Waals surface area contributed by atoms with Crippen LogP contribution in [0, 0.1) is 13.8 Å². The second kappa shape index (κ2) is 7.89. The number of nitrogens with one attached hydrogen (secondary N) is 2. The van der Waals surface area contributed by atoms with Gasteiger partial charge in [0.1, 0.15) is 0 Å². The summed E-state index contributed by atoms with van der Waals surface area (Å²) in [4.78, 5) is 16.2. The minimum Gasteiger partial charge on any atom is -0.358 e. The number of likely N-dealkylation sites (N-methyl/N-ethyl adjacent to an activating group) is 1. The van der Waals surface area contributed by atoms with E-state index in [1.54, 1.807) is 12.1 Å². The van der Waals surface area contributed by atoms with Crippen molar-refractivity contribution in [3.8, 4) is 0 Å². The van der Waals surface area contributed by atoms with Gasteiger partial charge in [-0.1, -0.05) is 18.2 Å². The predicted octanol–water partition coefficient (Wildman–Crippen LogP) is 3.92. The standard InChI is InChI=1S/C23H27N3O3S/c1-15-7-6-8-16(2)23(15)25-22(27)14-26(3)30(28,29)17-11-12-21-19(13-17)18-9-4-5-10-20(18)24-21/h6-8,11-13,24H,4-5,9-10,14H2,1-3H3,(H,25,27). The minimum atomic E-state index is -3.78. The third-order valence-electron chi connectivity index (χ3n) is 5.89. The van der Waals surface area contributed by atoms with E-state index in [4.69, 9.17) is 0 Å². The number of rotatable bonds is 5. The molecule has 0 saturated carbocycles. The molecule has 1 heterocycles. The number of fused-ring (bicyclic) bond motifs is 3. The van der Waals surface area contributed by atoms with Crippen LogP contribution in [-0.2, 0) is 27.7 Å². The quantitative estimate of drug-likeness (QED) is 0.650. The number of nitrogens with zero attached hydrogens (tertiary/aromatic N) is 1. The molecule has 1 aliphatic rings. The zero-order chi connectivity index (χ0) is 21.5. The predicted molar refractivity (Wildman–Crippen MR) is 119 cm³/mol. The number of hydrogen-bond acceptors (Lipinski definition) is 3. The van der Waals surface area contributed by atoms with Crippen molar-refractivity contribution in [3.05, 3.63) is 58.8 Å². The number of aromatic amines is 1. The van der Waals surface area contributed by atoms with Gasteiger partial charge in [0, 0.05) is 29.3 Å². The first-order valence-electron chi connectivity index (χ1n) is 10.2. The number of sulfonamides is 1. The van der Waals surface area contributed by atoms with E-state index in [0.717, 1.165) is 57.7 Å². The first-order chi connectivity index (χ1) is 14.3. The number of hydrogen-bond donors (Lipinski definition) is 2. The van der Waals surface area contributed by atoms with E-state index < -0.39 is 10.0 Å². The Bertz CT molecular complexity index is 1210. The number of anilines is 1. The molecule has 4 rings (SSSR count). The molecule has 0 bridgehead atoms. The van der Waals surface area contributed by atoms with Crippen molar-refractivity contribution in [1.82, 2.24) is 9.29 Å². The second-order valence-corrected chi connectivity index (χ2v) is 10.1. The number of carbonyl (C=O) groups excluding carboxylic acids is 1. The van der Waals surface area contributed by atoms with E-state index in [1.165, 1.54) is 18.3 Å². The molecule has 0 spiro atoms. The van der Waals surface area contributed by atoms with Crippen LogP contribution in [0.1, 0.15) is 35.2 Å². The molecule has 2 aromatic carbocycles. The van der Waals surface area contributed by atoms with Gasteiger partial charge in [-0.3, -0.25) is 4.79 Å².